The highest BCUT2D eigenvalue weighted by Gasteiger charge is 2.12. The largest absolute Gasteiger partial charge is 0.507 e. The van der Waals surface area contributed by atoms with Crippen molar-refractivity contribution in [2.75, 3.05) is 4.72 Å². The van der Waals surface area contributed by atoms with Crippen LogP contribution < -0.4 is 4.72 Å². The predicted molar refractivity (Wildman–Crippen MR) is 96.1 cm³/mol. The van der Waals surface area contributed by atoms with E-state index >= 15 is 0 Å². The second-order valence-electron chi connectivity index (χ2n) is 4.90. The monoisotopic (exact) mass is 365 g/mol. The van der Waals surface area contributed by atoms with Crippen LogP contribution in [0.4, 0.5) is 5.69 Å². The van der Waals surface area contributed by atoms with Gasteiger partial charge < -0.3 is 14.9 Å². The topological polar surface area (TPSA) is 69.6 Å². The fourth-order valence-corrected chi connectivity index (χ4v) is 4.40. The Morgan fingerprint density at radius 3 is 2.74 bits per heavy atom. The number of aromatic carboxylic acids is 1. The molecule has 0 saturated heterocycles. The number of fused-ring (bicyclic) bond motifs is 1. The number of aryl methyl sites for hydroxylation is 1. The van der Waals surface area contributed by atoms with Gasteiger partial charge in [-0.2, -0.15) is 0 Å². The zero-order chi connectivity index (χ0) is 16.6. The van der Waals surface area contributed by atoms with E-state index in [2.05, 4.69) is 4.72 Å². The number of thiophene rings is 1. The quantitative estimate of drug-likeness (QED) is 0.541. The first kappa shape index (κ1) is 16.0. The summed E-state index contributed by atoms with van der Waals surface area (Å²) in [5.74, 6) is -1.41. The van der Waals surface area contributed by atoms with E-state index in [1.54, 1.807) is 17.4 Å². The Bertz CT molecular complexity index is 908. The first-order chi connectivity index (χ1) is 11.0. The van der Waals surface area contributed by atoms with Crippen LogP contribution in [0.5, 0.6) is 5.75 Å². The number of phenols is 1. The minimum atomic E-state index is -1.15. The van der Waals surface area contributed by atoms with Gasteiger partial charge in [0.25, 0.3) is 0 Å². The highest BCUT2D eigenvalue weighted by molar-refractivity contribution is 8.02. The van der Waals surface area contributed by atoms with Crippen LogP contribution >= 0.6 is 34.9 Å². The zero-order valence-electron chi connectivity index (χ0n) is 12.0. The maximum atomic E-state index is 10.9. The lowest BCUT2D eigenvalue weighted by Crippen LogP contribution is -1.97. The number of nitrogens with one attached hydrogen (secondary N) is 1. The summed E-state index contributed by atoms with van der Waals surface area (Å²) in [6.45, 7) is 2.03. The standard InChI is InChI=1S/C16H12ClNO3S2/c1-8-12-6-9(17)2-5-14(12)22-16(8)23-18-10-3-4-11(15(20)21)13(19)7-10/h2-7,18-19H,1H3,(H,20,21). The lowest BCUT2D eigenvalue weighted by Gasteiger charge is -2.06. The van der Waals surface area contributed by atoms with Crippen molar-refractivity contribution in [3.05, 3.63) is 52.5 Å². The summed E-state index contributed by atoms with van der Waals surface area (Å²) in [4.78, 5) is 10.9. The van der Waals surface area contributed by atoms with E-state index in [1.807, 2.05) is 25.1 Å². The highest BCUT2D eigenvalue weighted by atomic mass is 35.5. The number of hydrogen-bond acceptors (Lipinski definition) is 5. The Labute approximate surface area is 145 Å². The minimum Gasteiger partial charge on any atom is -0.507 e. The third-order valence-electron chi connectivity index (χ3n) is 3.34. The van der Waals surface area contributed by atoms with E-state index < -0.39 is 5.97 Å². The molecule has 1 heterocycles. The molecule has 3 N–H and O–H groups in total. The van der Waals surface area contributed by atoms with Crippen molar-refractivity contribution in [1.29, 1.82) is 0 Å². The first-order valence-electron chi connectivity index (χ1n) is 6.63. The lowest BCUT2D eigenvalue weighted by molar-refractivity contribution is 0.0694. The summed E-state index contributed by atoms with van der Waals surface area (Å²) < 4.78 is 5.37. The van der Waals surface area contributed by atoms with E-state index in [4.69, 9.17) is 16.7 Å². The Hall–Kier alpha value is -1.89. The molecule has 23 heavy (non-hydrogen) atoms. The second-order valence-corrected chi connectivity index (χ2v) is 7.46. The molecule has 0 fully saturated rings. The molecular weight excluding hydrogens is 354 g/mol. The number of carbonyl (C=O) groups is 1. The average Bonchev–Trinajstić information content (AvgIpc) is 2.81. The third kappa shape index (κ3) is 3.24. The maximum absolute atomic E-state index is 10.9. The van der Waals surface area contributed by atoms with Gasteiger partial charge in [-0.25, -0.2) is 4.79 Å². The van der Waals surface area contributed by atoms with Gasteiger partial charge in [0.05, 0.1) is 4.21 Å². The van der Waals surface area contributed by atoms with Crippen LogP contribution in [0.1, 0.15) is 15.9 Å². The minimum absolute atomic E-state index is 0.117. The maximum Gasteiger partial charge on any atom is 0.339 e. The van der Waals surface area contributed by atoms with E-state index in [0.29, 0.717) is 10.7 Å². The van der Waals surface area contributed by atoms with Gasteiger partial charge >= 0.3 is 5.97 Å². The van der Waals surface area contributed by atoms with Crippen LogP contribution in [0.25, 0.3) is 10.1 Å². The van der Waals surface area contributed by atoms with Crippen molar-refractivity contribution in [2.45, 2.75) is 11.1 Å². The summed E-state index contributed by atoms with van der Waals surface area (Å²) in [5, 5.41) is 20.5. The SMILES string of the molecule is Cc1c(SNc2ccc(C(=O)O)c(O)c2)sc2ccc(Cl)cc12. The average molecular weight is 366 g/mol. The summed E-state index contributed by atoms with van der Waals surface area (Å²) in [7, 11) is 0. The molecule has 0 atom stereocenters. The first-order valence-corrected chi connectivity index (χ1v) is 8.64. The van der Waals surface area contributed by atoms with Gasteiger partial charge in [0.15, 0.2) is 0 Å². The Morgan fingerprint density at radius 2 is 2.04 bits per heavy atom. The highest BCUT2D eigenvalue weighted by Crippen LogP contribution is 2.39. The number of carboxylic acid groups (broad SMARTS) is 1. The number of rotatable bonds is 4. The molecule has 2 aromatic carbocycles. The summed E-state index contributed by atoms with van der Waals surface area (Å²) in [6.07, 6.45) is 0. The molecule has 4 nitrogen and oxygen atoms in total. The van der Waals surface area contributed by atoms with Crippen molar-refractivity contribution in [2.24, 2.45) is 0 Å². The van der Waals surface area contributed by atoms with Crippen molar-refractivity contribution >= 4 is 56.6 Å². The molecule has 0 aliphatic heterocycles. The number of benzene rings is 2. The zero-order valence-corrected chi connectivity index (χ0v) is 14.4. The molecule has 0 spiro atoms. The van der Waals surface area contributed by atoms with Gasteiger partial charge in [-0.15, -0.1) is 11.3 Å². The van der Waals surface area contributed by atoms with Crippen LogP contribution in [0.15, 0.2) is 40.6 Å². The molecule has 0 radical (unpaired) electrons. The van der Waals surface area contributed by atoms with Crippen molar-refractivity contribution < 1.29 is 15.0 Å². The van der Waals surface area contributed by atoms with E-state index in [9.17, 15) is 9.90 Å². The molecule has 1 aromatic heterocycles. The molecular formula is C16H12ClNO3S2. The lowest BCUT2D eigenvalue weighted by atomic mass is 10.2. The normalized spacial score (nSPS) is 10.9. The fraction of sp³-hybridized carbons (Fsp3) is 0.0625. The molecule has 0 aliphatic carbocycles. The molecule has 7 heteroatoms. The van der Waals surface area contributed by atoms with Gasteiger partial charge in [0, 0.05) is 21.5 Å². The number of aromatic hydroxyl groups is 1. The van der Waals surface area contributed by atoms with Crippen LogP contribution in [0, 0.1) is 6.92 Å². The molecule has 0 unspecified atom stereocenters. The molecule has 0 amide bonds. The summed E-state index contributed by atoms with van der Waals surface area (Å²) in [6, 6.07) is 10.2. The third-order valence-corrected chi connectivity index (χ3v) is 5.98. The number of hydrogen-bond donors (Lipinski definition) is 3. The van der Waals surface area contributed by atoms with Gasteiger partial charge in [-0.1, -0.05) is 11.6 Å². The second kappa shape index (κ2) is 6.31. The summed E-state index contributed by atoms with van der Waals surface area (Å²) >= 11 is 9.11. The molecule has 3 rings (SSSR count). The van der Waals surface area contributed by atoms with Crippen LogP contribution in [-0.4, -0.2) is 16.2 Å². The van der Waals surface area contributed by atoms with Gasteiger partial charge in [-0.3, -0.25) is 0 Å². The number of anilines is 1. The molecule has 0 aliphatic rings. The van der Waals surface area contributed by atoms with E-state index in [1.165, 1.54) is 24.1 Å². The van der Waals surface area contributed by atoms with Crippen LogP contribution in [-0.2, 0) is 0 Å². The van der Waals surface area contributed by atoms with Crippen molar-refractivity contribution in [3.8, 4) is 5.75 Å². The Balaban J connectivity index is 1.82. The van der Waals surface area contributed by atoms with E-state index in [0.717, 1.165) is 19.9 Å². The predicted octanol–water partition coefficient (Wildman–Crippen LogP) is 5.39. The van der Waals surface area contributed by atoms with Crippen LogP contribution in [0.3, 0.4) is 0 Å². The van der Waals surface area contributed by atoms with E-state index in [-0.39, 0.29) is 11.3 Å². The summed E-state index contributed by atoms with van der Waals surface area (Å²) in [5.41, 5.74) is 1.65. The van der Waals surface area contributed by atoms with Crippen LogP contribution in [0.2, 0.25) is 5.02 Å². The van der Waals surface area contributed by atoms with Gasteiger partial charge in [0.1, 0.15) is 11.3 Å². The molecule has 0 bridgehead atoms. The molecule has 0 saturated carbocycles. The molecule has 3 aromatic rings. The Morgan fingerprint density at radius 1 is 1.26 bits per heavy atom. The molecule has 118 valence electrons. The van der Waals surface area contributed by atoms with Gasteiger partial charge in [-0.05, 0) is 60.2 Å². The smallest absolute Gasteiger partial charge is 0.339 e. The number of carboxylic acids is 1. The Kier molecular flexibility index (Phi) is 4.39. The van der Waals surface area contributed by atoms with Crippen molar-refractivity contribution in [1.82, 2.24) is 0 Å². The van der Waals surface area contributed by atoms with Gasteiger partial charge in [0.2, 0.25) is 0 Å². The number of halogens is 1. The fourth-order valence-electron chi connectivity index (χ4n) is 2.15. The van der Waals surface area contributed by atoms with Crippen molar-refractivity contribution in [3.63, 3.8) is 0 Å².